The van der Waals surface area contributed by atoms with Crippen LogP contribution in [0.1, 0.15) is 35.9 Å². The molecule has 0 aromatic heterocycles. The van der Waals surface area contributed by atoms with Crippen molar-refractivity contribution < 1.29 is 30.0 Å². The van der Waals surface area contributed by atoms with Crippen molar-refractivity contribution in [1.29, 1.82) is 0 Å². The second kappa shape index (κ2) is 8.87. The second-order valence-corrected chi connectivity index (χ2v) is 5.88. The fourth-order valence-electron chi connectivity index (χ4n) is 2.81. The van der Waals surface area contributed by atoms with Gasteiger partial charge in [0.05, 0.1) is 5.92 Å². The van der Waals surface area contributed by atoms with E-state index >= 15 is 0 Å². The Labute approximate surface area is 150 Å². The first-order valence-electron chi connectivity index (χ1n) is 8.16. The van der Waals surface area contributed by atoms with Crippen LogP contribution in [0.15, 0.2) is 48.5 Å². The van der Waals surface area contributed by atoms with Crippen LogP contribution >= 0.6 is 0 Å². The molecule has 2 rings (SSSR count). The van der Waals surface area contributed by atoms with Gasteiger partial charge in [-0.05, 0) is 31.5 Å². The van der Waals surface area contributed by atoms with E-state index in [9.17, 15) is 30.0 Å². The van der Waals surface area contributed by atoms with E-state index in [1.165, 1.54) is 18.2 Å². The Morgan fingerprint density at radius 3 is 1.88 bits per heavy atom. The van der Waals surface area contributed by atoms with E-state index in [2.05, 4.69) is 5.32 Å². The topological polar surface area (TPSA) is 127 Å². The van der Waals surface area contributed by atoms with Gasteiger partial charge in [0.2, 0.25) is 0 Å². The van der Waals surface area contributed by atoms with Gasteiger partial charge >= 0.3 is 11.9 Å². The number of aliphatic carboxylic acids is 2. The first kappa shape index (κ1) is 19.3. The standard InChI is InChI=1S/C19H21NO6/c21-15-9-3-1-6-12(15)13(18(23)24)8-5-11-20-17(19(25)26)14-7-2-4-10-16(14)22/h1-4,6-7,9-10,13,17,20-22H,5,8,11H2,(H,23,24)(H,25,26). The molecule has 2 atom stereocenters. The number of nitrogens with one attached hydrogen (secondary N) is 1. The molecule has 0 bridgehead atoms. The van der Waals surface area contributed by atoms with E-state index in [4.69, 9.17) is 0 Å². The van der Waals surface area contributed by atoms with Crippen molar-refractivity contribution >= 4 is 11.9 Å². The summed E-state index contributed by atoms with van der Waals surface area (Å²) in [6.07, 6.45) is 0.607. The van der Waals surface area contributed by atoms with Crippen molar-refractivity contribution in [3.63, 3.8) is 0 Å². The number of hydrogen-bond donors (Lipinski definition) is 5. The smallest absolute Gasteiger partial charge is 0.325 e. The van der Waals surface area contributed by atoms with Gasteiger partial charge in [-0.2, -0.15) is 0 Å². The average molecular weight is 359 g/mol. The Hall–Kier alpha value is -3.06. The van der Waals surface area contributed by atoms with E-state index in [0.717, 1.165) is 0 Å². The molecule has 2 unspecified atom stereocenters. The van der Waals surface area contributed by atoms with Gasteiger partial charge in [-0.15, -0.1) is 0 Å². The molecule has 7 heteroatoms. The third-order valence-electron chi connectivity index (χ3n) is 4.12. The summed E-state index contributed by atoms with van der Waals surface area (Å²) in [6, 6.07) is 11.3. The zero-order valence-electron chi connectivity index (χ0n) is 14.0. The number of phenolic OH excluding ortho intramolecular Hbond substituents is 2. The molecule has 2 aromatic carbocycles. The molecular weight excluding hydrogens is 338 g/mol. The SMILES string of the molecule is O=C(O)C(CCCNC(C(=O)O)c1ccccc1O)c1ccccc1O. The molecule has 0 heterocycles. The molecule has 0 aliphatic heterocycles. The van der Waals surface area contributed by atoms with Crippen LogP contribution in [0.4, 0.5) is 0 Å². The summed E-state index contributed by atoms with van der Waals surface area (Å²) in [5.74, 6) is -3.27. The minimum atomic E-state index is -1.14. The molecule has 5 N–H and O–H groups in total. The van der Waals surface area contributed by atoms with Crippen molar-refractivity contribution in [3.8, 4) is 11.5 Å². The Bertz CT molecular complexity index is 711. The number of carbonyl (C=O) groups is 2. The van der Waals surface area contributed by atoms with Crippen molar-refractivity contribution in [2.24, 2.45) is 0 Å². The lowest BCUT2D eigenvalue weighted by Crippen LogP contribution is -2.29. The molecule has 0 saturated carbocycles. The highest BCUT2D eigenvalue weighted by Gasteiger charge is 2.24. The quantitative estimate of drug-likeness (QED) is 0.435. The van der Waals surface area contributed by atoms with E-state index in [0.29, 0.717) is 12.0 Å². The van der Waals surface area contributed by atoms with Gasteiger partial charge in [-0.25, -0.2) is 0 Å². The monoisotopic (exact) mass is 359 g/mol. The van der Waals surface area contributed by atoms with Crippen molar-refractivity contribution in [2.45, 2.75) is 24.8 Å². The van der Waals surface area contributed by atoms with Crippen LogP contribution in [0.5, 0.6) is 11.5 Å². The first-order valence-corrected chi connectivity index (χ1v) is 8.16. The predicted octanol–water partition coefficient (Wildman–Crippen LogP) is 2.46. The predicted molar refractivity (Wildman–Crippen MR) is 94.2 cm³/mol. The Morgan fingerprint density at radius 1 is 0.846 bits per heavy atom. The fourth-order valence-corrected chi connectivity index (χ4v) is 2.81. The molecule has 26 heavy (non-hydrogen) atoms. The largest absolute Gasteiger partial charge is 0.508 e. The highest BCUT2D eigenvalue weighted by Crippen LogP contribution is 2.29. The Kier molecular flexibility index (Phi) is 6.57. The van der Waals surface area contributed by atoms with Crippen LogP contribution < -0.4 is 5.32 Å². The normalized spacial score (nSPS) is 13.1. The highest BCUT2D eigenvalue weighted by molar-refractivity contribution is 5.77. The van der Waals surface area contributed by atoms with Gasteiger partial charge in [0.1, 0.15) is 17.5 Å². The third kappa shape index (κ3) is 4.73. The highest BCUT2D eigenvalue weighted by atomic mass is 16.4. The molecule has 7 nitrogen and oxygen atoms in total. The van der Waals surface area contributed by atoms with Crippen LogP contribution in [0.2, 0.25) is 0 Å². The van der Waals surface area contributed by atoms with Crippen LogP contribution in [-0.4, -0.2) is 38.9 Å². The van der Waals surface area contributed by atoms with Gasteiger partial charge in [0.25, 0.3) is 0 Å². The number of para-hydroxylation sites is 2. The molecule has 0 aliphatic rings. The van der Waals surface area contributed by atoms with Crippen LogP contribution in [-0.2, 0) is 9.59 Å². The maximum Gasteiger partial charge on any atom is 0.325 e. The minimum absolute atomic E-state index is 0.0783. The minimum Gasteiger partial charge on any atom is -0.508 e. The van der Waals surface area contributed by atoms with E-state index < -0.39 is 23.9 Å². The van der Waals surface area contributed by atoms with Gasteiger partial charge in [0.15, 0.2) is 0 Å². The fraction of sp³-hybridized carbons (Fsp3) is 0.263. The molecule has 138 valence electrons. The van der Waals surface area contributed by atoms with Gasteiger partial charge < -0.3 is 25.7 Å². The van der Waals surface area contributed by atoms with Gasteiger partial charge in [-0.1, -0.05) is 36.4 Å². The number of benzene rings is 2. The number of carboxylic acid groups (broad SMARTS) is 2. The number of aromatic hydroxyl groups is 2. The Morgan fingerprint density at radius 2 is 1.38 bits per heavy atom. The molecule has 0 spiro atoms. The van der Waals surface area contributed by atoms with Crippen LogP contribution in [0.25, 0.3) is 0 Å². The molecule has 0 amide bonds. The summed E-state index contributed by atoms with van der Waals surface area (Å²) < 4.78 is 0. The number of rotatable bonds is 9. The summed E-state index contributed by atoms with van der Waals surface area (Å²) in [6.45, 7) is 0.239. The third-order valence-corrected chi connectivity index (χ3v) is 4.12. The molecule has 0 saturated heterocycles. The van der Waals surface area contributed by atoms with Crippen LogP contribution in [0, 0.1) is 0 Å². The lowest BCUT2D eigenvalue weighted by Gasteiger charge is -2.17. The Balaban J connectivity index is 1.99. The maximum atomic E-state index is 11.5. The summed E-state index contributed by atoms with van der Waals surface area (Å²) >= 11 is 0. The zero-order chi connectivity index (χ0) is 19.1. The lowest BCUT2D eigenvalue weighted by atomic mass is 9.93. The number of phenols is 2. The van der Waals surface area contributed by atoms with Crippen molar-refractivity contribution in [2.75, 3.05) is 6.54 Å². The average Bonchev–Trinajstić information content (AvgIpc) is 2.59. The molecular formula is C19H21NO6. The molecule has 0 radical (unpaired) electrons. The van der Waals surface area contributed by atoms with Crippen molar-refractivity contribution in [3.05, 3.63) is 59.7 Å². The molecule has 0 aliphatic carbocycles. The molecule has 0 fully saturated rings. The van der Waals surface area contributed by atoms with Gasteiger partial charge in [-0.3, -0.25) is 9.59 Å². The number of hydrogen-bond acceptors (Lipinski definition) is 5. The summed E-state index contributed by atoms with van der Waals surface area (Å²) in [7, 11) is 0. The lowest BCUT2D eigenvalue weighted by molar-refractivity contribution is -0.140. The number of carboxylic acids is 2. The molecule has 2 aromatic rings. The summed E-state index contributed by atoms with van der Waals surface area (Å²) in [5, 5.41) is 41.2. The summed E-state index contributed by atoms with van der Waals surface area (Å²) in [4.78, 5) is 22.9. The first-order chi connectivity index (χ1) is 12.4. The van der Waals surface area contributed by atoms with E-state index in [1.54, 1.807) is 30.3 Å². The van der Waals surface area contributed by atoms with Crippen molar-refractivity contribution in [1.82, 2.24) is 5.32 Å². The second-order valence-electron chi connectivity index (χ2n) is 5.88. The maximum absolute atomic E-state index is 11.5. The van der Waals surface area contributed by atoms with E-state index in [1.807, 2.05) is 0 Å². The van der Waals surface area contributed by atoms with E-state index in [-0.39, 0.29) is 30.0 Å². The summed E-state index contributed by atoms with van der Waals surface area (Å²) in [5.41, 5.74) is 0.575. The van der Waals surface area contributed by atoms with Crippen LogP contribution in [0.3, 0.4) is 0 Å². The zero-order valence-corrected chi connectivity index (χ0v) is 14.0. The van der Waals surface area contributed by atoms with Gasteiger partial charge in [0, 0.05) is 11.1 Å².